The number of aliphatic hydroxyl groups is 1. The van der Waals surface area contributed by atoms with Crippen molar-refractivity contribution in [2.24, 2.45) is 0 Å². The van der Waals surface area contributed by atoms with Gasteiger partial charge in [-0.3, -0.25) is 4.68 Å². The Morgan fingerprint density at radius 3 is 2.67 bits per heavy atom. The fourth-order valence-electron chi connectivity index (χ4n) is 5.23. The smallest absolute Gasteiger partial charge is 0.433 e. The molecular formula is C29H30F3N3O5. The minimum atomic E-state index is -4.82. The summed E-state index contributed by atoms with van der Waals surface area (Å²) < 4.78 is 60.7. The summed E-state index contributed by atoms with van der Waals surface area (Å²) in [4.78, 5) is 13.2. The van der Waals surface area contributed by atoms with E-state index in [-0.39, 0.29) is 36.5 Å². The molecule has 0 radical (unpaired) electrons. The first-order valence-electron chi connectivity index (χ1n) is 13.1. The van der Waals surface area contributed by atoms with Crippen molar-refractivity contribution in [1.82, 2.24) is 14.9 Å². The van der Waals surface area contributed by atoms with E-state index in [0.29, 0.717) is 23.5 Å². The van der Waals surface area contributed by atoms with E-state index in [1.165, 1.54) is 0 Å². The Bertz CT molecular complexity index is 1470. The fraction of sp³-hybridized carbons (Fsp3) is 0.414. The molecule has 1 fully saturated rings. The van der Waals surface area contributed by atoms with Gasteiger partial charge in [-0.05, 0) is 58.1 Å². The number of halogens is 3. The maximum Gasteiger partial charge on any atom is 0.433 e. The first-order chi connectivity index (χ1) is 19.0. The van der Waals surface area contributed by atoms with E-state index in [0.717, 1.165) is 29.3 Å². The molecule has 3 aromatic rings. The molecule has 1 saturated carbocycles. The molecule has 0 amide bonds. The van der Waals surface area contributed by atoms with E-state index in [1.54, 1.807) is 39.0 Å². The van der Waals surface area contributed by atoms with Gasteiger partial charge in [-0.2, -0.15) is 18.3 Å². The van der Waals surface area contributed by atoms with Crippen molar-refractivity contribution in [3.63, 3.8) is 0 Å². The Labute approximate surface area is 229 Å². The standard InChI is InChI=1S/C29H30F3N3O5/c1-4-38-27(36)23-24(20-11-8-12-22(17(20)2)39-16-18-9-6-5-7-10-18)34-40-25(23)21-15-33-35(26(21)29(30,31)32)19-13-28(3,37)14-19/h6,8-12,15,19,37H,4-5,7,13-14,16H2,1-3H3. The van der Waals surface area contributed by atoms with E-state index in [1.807, 2.05) is 6.08 Å². The quantitative estimate of drug-likeness (QED) is 0.318. The maximum atomic E-state index is 14.4. The van der Waals surface area contributed by atoms with Gasteiger partial charge >= 0.3 is 12.1 Å². The van der Waals surface area contributed by atoms with Gasteiger partial charge in [0.15, 0.2) is 11.5 Å². The van der Waals surface area contributed by atoms with Gasteiger partial charge in [-0.1, -0.05) is 35.5 Å². The number of nitrogens with zero attached hydrogens (tertiary/aromatic N) is 3. The normalized spacial score (nSPS) is 20.7. The zero-order valence-electron chi connectivity index (χ0n) is 22.4. The molecule has 0 saturated heterocycles. The van der Waals surface area contributed by atoms with Gasteiger partial charge < -0.3 is 19.1 Å². The summed E-state index contributed by atoms with van der Waals surface area (Å²) in [6.45, 7) is 5.28. The summed E-state index contributed by atoms with van der Waals surface area (Å²) in [6, 6.07) is 4.53. The van der Waals surface area contributed by atoms with Gasteiger partial charge in [-0.15, -0.1) is 0 Å². The van der Waals surface area contributed by atoms with Crippen LogP contribution in [0.2, 0.25) is 0 Å². The van der Waals surface area contributed by atoms with Crippen LogP contribution >= 0.6 is 0 Å². The monoisotopic (exact) mass is 557 g/mol. The largest absolute Gasteiger partial charge is 0.489 e. The first kappa shape index (κ1) is 27.7. The summed E-state index contributed by atoms with van der Waals surface area (Å²) in [7, 11) is 0. The van der Waals surface area contributed by atoms with Crippen molar-refractivity contribution in [2.75, 3.05) is 13.2 Å². The lowest BCUT2D eigenvalue weighted by atomic mass is 9.77. The molecule has 212 valence electrons. The summed E-state index contributed by atoms with van der Waals surface area (Å²) in [5.74, 6) is -0.719. The highest BCUT2D eigenvalue weighted by molar-refractivity contribution is 6.02. The molecule has 5 rings (SSSR count). The molecule has 1 aromatic carbocycles. The van der Waals surface area contributed by atoms with E-state index >= 15 is 0 Å². The summed E-state index contributed by atoms with van der Waals surface area (Å²) >= 11 is 0. The summed E-state index contributed by atoms with van der Waals surface area (Å²) in [5.41, 5.74) is -0.631. The maximum absolute atomic E-state index is 14.4. The van der Waals surface area contributed by atoms with Gasteiger partial charge in [-0.25, -0.2) is 4.79 Å². The highest BCUT2D eigenvalue weighted by atomic mass is 19.4. The third-order valence-corrected chi connectivity index (χ3v) is 7.18. The van der Waals surface area contributed by atoms with Crippen LogP contribution < -0.4 is 4.74 Å². The number of benzene rings is 1. The second-order valence-corrected chi connectivity index (χ2v) is 10.3. The molecule has 2 heterocycles. The van der Waals surface area contributed by atoms with Crippen molar-refractivity contribution < 1.29 is 37.1 Å². The number of aromatic nitrogens is 3. The van der Waals surface area contributed by atoms with Crippen LogP contribution in [0, 0.1) is 6.92 Å². The molecular weight excluding hydrogens is 527 g/mol. The molecule has 8 nitrogen and oxygen atoms in total. The Morgan fingerprint density at radius 1 is 1.25 bits per heavy atom. The Hall–Kier alpha value is -3.86. The number of rotatable bonds is 8. The van der Waals surface area contributed by atoms with Crippen LogP contribution in [0.4, 0.5) is 13.2 Å². The van der Waals surface area contributed by atoms with Crippen LogP contribution in [-0.2, 0) is 10.9 Å². The zero-order valence-corrected chi connectivity index (χ0v) is 22.4. The highest BCUT2D eigenvalue weighted by Gasteiger charge is 2.47. The molecule has 11 heteroatoms. The summed E-state index contributed by atoms with van der Waals surface area (Å²) in [5, 5.41) is 18.1. The lowest BCUT2D eigenvalue weighted by Crippen LogP contribution is -2.43. The van der Waals surface area contributed by atoms with Crippen LogP contribution in [-0.4, -0.2) is 44.8 Å². The lowest BCUT2D eigenvalue weighted by molar-refractivity contribution is -0.148. The van der Waals surface area contributed by atoms with Gasteiger partial charge in [0, 0.05) is 11.1 Å². The molecule has 0 spiro atoms. The second kappa shape index (κ2) is 10.6. The fourth-order valence-corrected chi connectivity index (χ4v) is 5.23. The number of carbonyl (C=O) groups is 1. The molecule has 0 atom stereocenters. The van der Waals surface area contributed by atoms with E-state index in [9.17, 15) is 23.1 Å². The SMILES string of the molecule is CCOC(=O)c1c(-c2cccc(OCC3=CCCC=C3)c2C)noc1-c1cnn(C2CC(C)(O)C2)c1C(F)(F)F. The number of hydrogen-bond acceptors (Lipinski definition) is 7. The molecule has 2 aliphatic carbocycles. The average molecular weight is 558 g/mol. The molecule has 0 aliphatic heterocycles. The summed E-state index contributed by atoms with van der Waals surface area (Å²) in [6.07, 6.45) is 4.53. The zero-order chi connectivity index (χ0) is 28.7. The van der Waals surface area contributed by atoms with Gasteiger partial charge in [0.1, 0.15) is 23.6 Å². The molecule has 1 N–H and O–H groups in total. The van der Waals surface area contributed by atoms with E-state index < -0.39 is 35.0 Å². The Kier molecular flexibility index (Phi) is 7.34. The average Bonchev–Trinajstić information content (AvgIpc) is 3.52. The predicted octanol–water partition coefficient (Wildman–Crippen LogP) is 6.45. The number of hydrogen-bond donors (Lipinski definition) is 1. The second-order valence-electron chi connectivity index (χ2n) is 10.3. The number of ether oxygens (including phenoxy) is 2. The molecule has 40 heavy (non-hydrogen) atoms. The Morgan fingerprint density at radius 2 is 2.02 bits per heavy atom. The van der Waals surface area contributed by atoms with Gasteiger partial charge in [0.25, 0.3) is 0 Å². The Balaban J connectivity index is 1.58. The van der Waals surface area contributed by atoms with Crippen molar-refractivity contribution in [1.29, 1.82) is 0 Å². The number of esters is 1. The van der Waals surface area contributed by atoms with Crippen molar-refractivity contribution in [3.05, 3.63) is 65.0 Å². The minimum Gasteiger partial charge on any atom is -0.489 e. The molecule has 2 aliphatic rings. The third kappa shape index (κ3) is 5.30. The topological polar surface area (TPSA) is 99.6 Å². The first-order valence-corrected chi connectivity index (χ1v) is 13.1. The predicted molar refractivity (Wildman–Crippen MR) is 140 cm³/mol. The molecule has 0 unspecified atom stereocenters. The lowest BCUT2D eigenvalue weighted by Gasteiger charge is -2.41. The van der Waals surface area contributed by atoms with Crippen LogP contribution in [0.5, 0.6) is 5.75 Å². The van der Waals surface area contributed by atoms with Crippen LogP contribution in [0.15, 0.2) is 52.7 Å². The van der Waals surface area contributed by atoms with Gasteiger partial charge in [0.05, 0.1) is 30.0 Å². The number of allylic oxidation sites excluding steroid dienone is 2. The van der Waals surface area contributed by atoms with Crippen molar-refractivity contribution in [2.45, 2.75) is 64.3 Å². The van der Waals surface area contributed by atoms with Crippen molar-refractivity contribution in [3.8, 4) is 28.3 Å². The molecule has 0 bridgehead atoms. The van der Waals surface area contributed by atoms with Crippen LogP contribution in [0.25, 0.3) is 22.6 Å². The van der Waals surface area contributed by atoms with Crippen LogP contribution in [0.3, 0.4) is 0 Å². The van der Waals surface area contributed by atoms with E-state index in [4.69, 9.17) is 14.0 Å². The minimum absolute atomic E-state index is 0.00377. The number of carbonyl (C=O) groups excluding carboxylic acids is 1. The van der Waals surface area contributed by atoms with Gasteiger partial charge in [0.2, 0.25) is 0 Å². The molecule has 2 aromatic heterocycles. The highest BCUT2D eigenvalue weighted by Crippen LogP contribution is 2.47. The van der Waals surface area contributed by atoms with Crippen LogP contribution in [0.1, 0.15) is 67.2 Å². The van der Waals surface area contributed by atoms with E-state index in [2.05, 4.69) is 22.4 Å². The third-order valence-electron chi connectivity index (χ3n) is 7.18. The van der Waals surface area contributed by atoms with Crippen molar-refractivity contribution >= 4 is 5.97 Å². The number of alkyl halides is 3.